The molecule has 2 heterocycles. The summed E-state index contributed by atoms with van der Waals surface area (Å²) in [7, 11) is 0. The minimum absolute atomic E-state index is 0.0950. The van der Waals surface area contributed by atoms with Gasteiger partial charge in [-0.1, -0.05) is 11.6 Å². The fourth-order valence-corrected chi connectivity index (χ4v) is 4.13. The molecule has 2 aliphatic carbocycles. The van der Waals surface area contributed by atoms with Crippen LogP contribution in [0.4, 0.5) is 20.7 Å². The predicted octanol–water partition coefficient (Wildman–Crippen LogP) is 4.42. The summed E-state index contributed by atoms with van der Waals surface area (Å²) in [5, 5.41) is 12.0. The van der Waals surface area contributed by atoms with Gasteiger partial charge in [0.15, 0.2) is 5.82 Å². The van der Waals surface area contributed by atoms with Crippen LogP contribution in [0.3, 0.4) is 0 Å². The fraction of sp³-hybridized carbons (Fsp3) is 0.455. The number of nitrogens with one attached hydrogen (secondary N) is 1. The lowest BCUT2D eigenvalue weighted by molar-refractivity contribution is 0.0611. The summed E-state index contributed by atoms with van der Waals surface area (Å²) >= 11 is 6.17. The summed E-state index contributed by atoms with van der Waals surface area (Å²) in [6.45, 7) is 2.78. The number of ether oxygens (including phenoxy) is 2. The molecule has 3 aliphatic rings. The summed E-state index contributed by atoms with van der Waals surface area (Å²) in [6, 6.07) is 6.61. The number of carbonyl (C=O) groups is 1. The van der Waals surface area contributed by atoms with Crippen molar-refractivity contribution in [1.82, 2.24) is 14.9 Å². The van der Waals surface area contributed by atoms with Gasteiger partial charge in [-0.25, -0.2) is 9.78 Å². The Labute approximate surface area is 189 Å². The van der Waals surface area contributed by atoms with Gasteiger partial charge in [0.25, 0.3) is 5.88 Å². The molecule has 1 unspecified atom stereocenters. The molecule has 1 atom stereocenters. The standard InChI is InChI=1S/C22H21ClFN5O3/c1-21(4-5-21)32-20(30)29-10-16(22(11-29)6-7-22)31-19-17(24)18(26-12-27-19)28-15-3-2-13(9-25)8-14(15)23/h2-3,8,12,16H,4-7,10-11H2,1H3,(H,26,27,28). The van der Waals surface area contributed by atoms with Gasteiger partial charge in [-0.05, 0) is 50.8 Å². The topological polar surface area (TPSA) is 100 Å². The van der Waals surface area contributed by atoms with Gasteiger partial charge in [-0.3, -0.25) is 0 Å². The van der Waals surface area contributed by atoms with Gasteiger partial charge >= 0.3 is 6.09 Å². The van der Waals surface area contributed by atoms with E-state index in [9.17, 15) is 4.79 Å². The highest BCUT2D eigenvalue weighted by Crippen LogP contribution is 2.54. The van der Waals surface area contributed by atoms with E-state index in [2.05, 4.69) is 15.3 Å². The van der Waals surface area contributed by atoms with Crippen molar-refractivity contribution < 1.29 is 18.7 Å². The first-order valence-electron chi connectivity index (χ1n) is 10.4. The quantitative estimate of drug-likeness (QED) is 0.709. The number of anilines is 2. The predicted molar refractivity (Wildman–Crippen MR) is 113 cm³/mol. The highest BCUT2D eigenvalue weighted by Gasteiger charge is 2.59. The second-order valence-corrected chi connectivity index (χ2v) is 9.35. The lowest BCUT2D eigenvalue weighted by atomic mass is 10.0. The van der Waals surface area contributed by atoms with Crippen LogP contribution in [0.1, 0.15) is 38.2 Å². The third-order valence-corrected chi connectivity index (χ3v) is 6.69. The first-order chi connectivity index (χ1) is 15.3. The van der Waals surface area contributed by atoms with Crippen LogP contribution in [-0.4, -0.2) is 45.8 Å². The number of amides is 1. The highest BCUT2D eigenvalue weighted by atomic mass is 35.5. The van der Waals surface area contributed by atoms with E-state index < -0.39 is 5.82 Å². The zero-order chi connectivity index (χ0) is 22.5. The number of nitriles is 1. The van der Waals surface area contributed by atoms with Crippen LogP contribution in [0, 0.1) is 22.6 Å². The fourth-order valence-electron chi connectivity index (χ4n) is 3.91. The summed E-state index contributed by atoms with van der Waals surface area (Å²) in [6.07, 6.45) is 4.04. The van der Waals surface area contributed by atoms with Crippen molar-refractivity contribution in [3.8, 4) is 11.9 Å². The second-order valence-electron chi connectivity index (χ2n) is 8.94. The monoisotopic (exact) mass is 457 g/mol. The molecule has 32 heavy (non-hydrogen) atoms. The Morgan fingerprint density at radius 1 is 1.34 bits per heavy atom. The van der Waals surface area contributed by atoms with Crippen molar-refractivity contribution in [2.75, 3.05) is 18.4 Å². The molecule has 166 valence electrons. The van der Waals surface area contributed by atoms with Crippen LogP contribution in [0.5, 0.6) is 5.88 Å². The van der Waals surface area contributed by atoms with Crippen LogP contribution in [-0.2, 0) is 4.74 Å². The normalized spacial score (nSPS) is 21.7. The van der Waals surface area contributed by atoms with E-state index in [4.69, 9.17) is 26.3 Å². The highest BCUT2D eigenvalue weighted by molar-refractivity contribution is 6.33. The third-order valence-electron chi connectivity index (χ3n) is 6.38. The van der Waals surface area contributed by atoms with Crippen LogP contribution in [0.15, 0.2) is 24.5 Å². The Bertz CT molecular complexity index is 1130. The Kier molecular flexibility index (Phi) is 4.86. The molecule has 1 aromatic carbocycles. The van der Waals surface area contributed by atoms with Gasteiger partial charge in [-0.15, -0.1) is 0 Å². The molecule has 0 radical (unpaired) electrons. The van der Waals surface area contributed by atoms with Crippen LogP contribution < -0.4 is 10.1 Å². The van der Waals surface area contributed by atoms with Crippen LogP contribution >= 0.6 is 11.6 Å². The number of aromatic nitrogens is 2. The number of rotatable bonds is 5. The van der Waals surface area contributed by atoms with Crippen molar-refractivity contribution in [1.29, 1.82) is 5.26 Å². The number of likely N-dealkylation sites (tertiary alicyclic amines) is 1. The van der Waals surface area contributed by atoms with Gasteiger partial charge in [0.1, 0.15) is 18.0 Å². The molecule has 1 amide bonds. The minimum atomic E-state index is -0.754. The summed E-state index contributed by atoms with van der Waals surface area (Å²) in [5.41, 5.74) is 0.252. The number of halogens is 2. The van der Waals surface area contributed by atoms with E-state index >= 15 is 4.39 Å². The molecule has 3 fully saturated rings. The van der Waals surface area contributed by atoms with E-state index in [1.807, 2.05) is 13.0 Å². The summed E-state index contributed by atoms with van der Waals surface area (Å²) < 4.78 is 26.7. The maximum Gasteiger partial charge on any atom is 0.410 e. The van der Waals surface area contributed by atoms with Gasteiger partial charge in [0.05, 0.1) is 28.9 Å². The maximum atomic E-state index is 15.1. The molecule has 1 N–H and O–H groups in total. The number of benzene rings is 1. The van der Waals surface area contributed by atoms with Crippen molar-refractivity contribution in [2.45, 2.75) is 44.3 Å². The first kappa shape index (κ1) is 20.8. The molecular formula is C22H21ClFN5O3. The van der Waals surface area contributed by atoms with E-state index in [-0.39, 0.29) is 39.9 Å². The third kappa shape index (κ3) is 3.91. The van der Waals surface area contributed by atoms with E-state index in [0.29, 0.717) is 24.3 Å². The van der Waals surface area contributed by atoms with Crippen molar-refractivity contribution in [3.05, 3.63) is 40.9 Å². The number of nitrogens with zero attached hydrogens (tertiary/aromatic N) is 4. The maximum absolute atomic E-state index is 15.1. The Morgan fingerprint density at radius 3 is 2.78 bits per heavy atom. The van der Waals surface area contributed by atoms with E-state index in [1.54, 1.807) is 17.0 Å². The largest absolute Gasteiger partial charge is 0.470 e. The van der Waals surface area contributed by atoms with Gasteiger partial charge in [-0.2, -0.15) is 14.6 Å². The molecule has 5 rings (SSSR count). The molecule has 0 bridgehead atoms. The summed E-state index contributed by atoms with van der Waals surface area (Å²) in [5.74, 6) is -1.04. The molecule has 1 aromatic heterocycles. The lowest BCUT2D eigenvalue weighted by Crippen LogP contribution is -2.34. The Balaban J connectivity index is 1.31. The number of hydrogen-bond donors (Lipinski definition) is 1. The molecule has 8 nitrogen and oxygen atoms in total. The second kappa shape index (κ2) is 7.48. The minimum Gasteiger partial charge on any atom is -0.470 e. The molecule has 1 spiro atoms. The molecule has 2 aromatic rings. The van der Waals surface area contributed by atoms with Crippen LogP contribution in [0.2, 0.25) is 5.02 Å². The molecular weight excluding hydrogens is 437 g/mol. The van der Waals surface area contributed by atoms with Gasteiger partial charge < -0.3 is 19.7 Å². The molecule has 1 saturated heterocycles. The summed E-state index contributed by atoms with van der Waals surface area (Å²) in [4.78, 5) is 22.1. The number of carbonyl (C=O) groups excluding carboxylic acids is 1. The van der Waals surface area contributed by atoms with E-state index in [0.717, 1.165) is 25.7 Å². The van der Waals surface area contributed by atoms with Gasteiger partial charge in [0, 0.05) is 12.0 Å². The Hall–Kier alpha value is -3.12. The number of hydrogen-bond acceptors (Lipinski definition) is 7. The smallest absolute Gasteiger partial charge is 0.410 e. The van der Waals surface area contributed by atoms with Crippen molar-refractivity contribution in [2.24, 2.45) is 5.41 Å². The first-order valence-corrected chi connectivity index (χ1v) is 10.8. The van der Waals surface area contributed by atoms with Gasteiger partial charge in [0.2, 0.25) is 5.82 Å². The van der Waals surface area contributed by atoms with Crippen molar-refractivity contribution in [3.63, 3.8) is 0 Å². The molecule has 1 aliphatic heterocycles. The SMILES string of the molecule is CC1(OC(=O)N2CC(Oc3ncnc(Nc4ccc(C#N)cc4Cl)c3F)C3(CC3)C2)CC1. The zero-order valence-electron chi connectivity index (χ0n) is 17.4. The molecule has 2 saturated carbocycles. The molecule has 10 heteroatoms. The Morgan fingerprint density at radius 2 is 2.12 bits per heavy atom. The zero-order valence-corrected chi connectivity index (χ0v) is 18.2. The van der Waals surface area contributed by atoms with Crippen LogP contribution in [0.25, 0.3) is 0 Å². The lowest BCUT2D eigenvalue weighted by Gasteiger charge is -2.20. The van der Waals surface area contributed by atoms with Crippen molar-refractivity contribution >= 4 is 29.2 Å². The van der Waals surface area contributed by atoms with E-state index in [1.165, 1.54) is 12.4 Å². The average molecular weight is 458 g/mol. The average Bonchev–Trinajstić information content (AvgIpc) is 3.66.